The zero-order valence-corrected chi connectivity index (χ0v) is 15.7. The summed E-state index contributed by atoms with van der Waals surface area (Å²) >= 11 is 0. The second-order valence-corrected chi connectivity index (χ2v) is 5.97. The van der Waals surface area contributed by atoms with Gasteiger partial charge >= 0.3 is 5.69 Å². The first-order chi connectivity index (χ1) is 13.2. The van der Waals surface area contributed by atoms with Crippen molar-refractivity contribution < 1.29 is 14.4 Å². The molecule has 0 heterocycles. The van der Waals surface area contributed by atoms with Crippen LogP contribution in [-0.2, 0) is 0 Å². The first kappa shape index (κ1) is 20.2. The molecule has 7 nitrogen and oxygen atoms in total. The lowest BCUT2D eigenvalue weighted by atomic mass is 10.1. The van der Waals surface area contributed by atoms with Crippen molar-refractivity contribution in [2.24, 2.45) is 5.10 Å². The van der Waals surface area contributed by atoms with Crippen LogP contribution in [0.2, 0.25) is 0 Å². The number of nitrogens with zero attached hydrogens (tertiary/aromatic N) is 2. The van der Waals surface area contributed by atoms with Gasteiger partial charge in [-0.05, 0) is 24.6 Å². The van der Waals surface area contributed by atoms with E-state index in [0.717, 1.165) is 31.4 Å². The van der Waals surface area contributed by atoms with Gasteiger partial charge in [-0.3, -0.25) is 15.5 Å². The Hall–Kier alpha value is -3.09. The summed E-state index contributed by atoms with van der Waals surface area (Å²) in [5.41, 5.74) is 4.11. The van der Waals surface area contributed by atoms with Gasteiger partial charge in [-0.25, -0.2) is 0 Å². The number of unbranched alkanes of at least 4 members (excludes halogenated alkanes) is 3. The van der Waals surface area contributed by atoms with E-state index < -0.39 is 4.92 Å². The number of anilines is 1. The van der Waals surface area contributed by atoms with E-state index >= 15 is 0 Å². The lowest BCUT2D eigenvalue weighted by Gasteiger charge is -2.12. The van der Waals surface area contributed by atoms with E-state index in [1.165, 1.54) is 19.4 Å². The van der Waals surface area contributed by atoms with Gasteiger partial charge in [0.15, 0.2) is 5.75 Å². The van der Waals surface area contributed by atoms with Gasteiger partial charge < -0.3 is 9.47 Å². The molecular formula is C20H25N3O4. The molecule has 144 valence electrons. The lowest BCUT2D eigenvalue weighted by Crippen LogP contribution is -2.04. The molecule has 0 saturated heterocycles. The summed E-state index contributed by atoms with van der Waals surface area (Å²) in [7, 11) is 1.46. The van der Waals surface area contributed by atoms with Gasteiger partial charge in [0.1, 0.15) is 0 Å². The zero-order chi connectivity index (χ0) is 19.5. The molecule has 0 fully saturated rings. The molecule has 0 aliphatic carbocycles. The largest absolute Gasteiger partial charge is 0.493 e. The molecule has 0 unspecified atom stereocenters. The molecule has 7 heteroatoms. The molecule has 0 spiro atoms. The number of nitro groups is 1. The van der Waals surface area contributed by atoms with Gasteiger partial charge in [0.2, 0.25) is 5.75 Å². The van der Waals surface area contributed by atoms with E-state index in [4.69, 9.17) is 9.47 Å². The summed E-state index contributed by atoms with van der Waals surface area (Å²) in [4.78, 5) is 11.0. The summed E-state index contributed by atoms with van der Waals surface area (Å²) in [6.07, 6.45) is 5.62. The van der Waals surface area contributed by atoms with Gasteiger partial charge in [-0.15, -0.1) is 0 Å². The Morgan fingerprint density at radius 1 is 1.19 bits per heavy atom. The summed E-state index contributed by atoms with van der Waals surface area (Å²) in [6, 6.07) is 12.5. The molecule has 0 aliphatic heterocycles. The molecule has 0 amide bonds. The molecule has 2 rings (SSSR count). The standard InChI is InChI=1S/C20H25N3O4/c1-3-4-5-9-12-27-20-18(23(24)25)13-16(14-19(20)26-2)15-21-22-17-10-7-6-8-11-17/h6-8,10-11,13-15,22H,3-5,9,12H2,1-2H3/b21-15+. The number of hydrogen-bond acceptors (Lipinski definition) is 6. The van der Waals surface area contributed by atoms with E-state index in [0.29, 0.717) is 17.9 Å². The second-order valence-electron chi connectivity index (χ2n) is 5.97. The van der Waals surface area contributed by atoms with Gasteiger partial charge in [-0.2, -0.15) is 5.10 Å². The first-order valence-corrected chi connectivity index (χ1v) is 8.99. The molecule has 2 aromatic rings. The first-order valence-electron chi connectivity index (χ1n) is 8.99. The highest BCUT2D eigenvalue weighted by Gasteiger charge is 2.22. The molecular weight excluding hydrogens is 346 g/mol. The van der Waals surface area contributed by atoms with Crippen LogP contribution in [0.1, 0.15) is 38.2 Å². The Morgan fingerprint density at radius 3 is 2.63 bits per heavy atom. The van der Waals surface area contributed by atoms with Crippen molar-refractivity contribution in [2.45, 2.75) is 32.6 Å². The van der Waals surface area contributed by atoms with Crippen molar-refractivity contribution in [3.63, 3.8) is 0 Å². The molecule has 0 bridgehead atoms. The van der Waals surface area contributed by atoms with Gasteiger partial charge in [0.25, 0.3) is 0 Å². The highest BCUT2D eigenvalue weighted by atomic mass is 16.6. The second kappa shape index (κ2) is 10.8. The van der Waals surface area contributed by atoms with Crippen molar-refractivity contribution in [1.82, 2.24) is 0 Å². The van der Waals surface area contributed by atoms with Crippen LogP contribution < -0.4 is 14.9 Å². The monoisotopic (exact) mass is 371 g/mol. The normalized spacial score (nSPS) is 10.7. The van der Waals surface area contributed by atoms with Crippen LogP contribution in [0.25, 0.3) is 0 Å². The zero-order valence-electron chi connectivity index (χ0n) is 15.7. The maximum Gasteiger partial charge on any atom is 0.315 e. The number of hydrazone groups is 1. The predicted octanol–water partition coefficient (Wildman–Crippen LogP) is 5.01. The number of nitro benzene ring substituents is 1. The Labute approximate surface area is 159 Å². The van der Waals surface area contributed by atoms with E-state index in [2.05, 4.69) is 17.5 Å². The summed E-state index contributed by atoms with van der Waals surface area (Å²) in [6.45, 7) is 2.54. The maximum atomic E-state index is 11.5. The third-order valence-electron chi connectivity index (χ3n) is 3.90. The lowest BCUT2D eigenvalue weighted by molar-refractivity contribution is -0.386. The smallest absolute Gasteiger partial charge is 0.315 e. The van der Waals surface area contributed by atoms with Gasteiger partial charge in [-0.1, -0.05) is 44.4 Å². The third-order valence-corrected chi connectivity index (χ3v) is 3.90. The number of nitrogens with one attached hydrogen (secondary N) is 1. The average Bonchev–Trinajstić information content (AvgIpc) is 2.68. The summed E-state index contributed by atoms with van der Waals surface area (Å²) < 4.78 is 11.0. The number of methoxy groups -OCH3 is 1. The minimum absolute atomic E-state index is 0.133. The van der Waals surface area contributed by atoms with E-state index in [-0.39, 0.29) is 11.4 Å². The van der Waals surface area contributed by atoms with E-state index in [1.807, 2.05) is 30.3 Å². The molecule has 1 N–H and O–H groups in total. The van der Waals surface area contributed by atoms with Crippen LogP contribution >= 0.6 is 0 Å². The predicted molar refractivity (Wildman–Crippen MR) is 107 cm³/mol. The summed E-state index contributed by atoms with van der Waals surface area (Å²) in [5.74, 6) is 0.480. The maximum absolute atomic E-state index is 11.5. The fourth-order valence-electron chi connectivity index (χ4n) is 2.51. The number of benzene rings is 2. The minimum atomic E-state index is -0.466. The van der Waals surface area contributed by atoms with Crippen molar-refractivity contribution in [3.05, 3.63) is 58.1 Å². The van der Waals surface area contributed by atoms with Gasteiger partial charge in [0, 0.05) is 11.6 Å². The topological polar surface area (TPSA) is 86.0 Å². The van der Waals surface area contributed by atoms with Crippen LogP contribution in [-0.4, -0.2) is 24.9 Å². The van der Waals surface area contributed by atoms with E-state index in [1.54, 1.807) is 6.07 Å². The molecule has 0 radical (unpaired) electrons. The van der Waals surface area contributed by atoms with Crippen molar-refractivity contribution in [1.29, 1.82) is 0 Å². The highest BCUT2D eigenvalue weighted by Crippen LogP contribution is 2.38. The van der Waals surface area contributed by atoms with Crippen LogP contribution in [0.15, 0.2) is 47.6 Å². The Morgan fingerprint density at radius 2 is 1.96 bits per heavy atom. The van der Waals surface area contributed by atoms with Crippen molar-refractivity contribution >= 4 is 17.6 Å². The number of ether oxygens (including phenoxy) is 2. The molecule has 27 heavy (non-hydrogen) atoms. The molecule has 0 aromatic heterocycles. The van der Waals surface area contributed by atoms with Crippen molar-refractivity contribution in [2.75, 3.05) is 19.1 Å². The molecule has 2 aromatic carbocycles. The average molecular weight is 371 g/mol. The summed E-state index contributed by atoms with van der Waals surface area (Å²) in [5, 5.41) is 15.6. The fourth-order valence-corrected chi connectivity index (χ4v) is 2.51. The third kappa shape index (κ3) is 6.29. The number of para-hydroxylation sites is 1. The minimum Gasteiger partial charge on any atom is -0.493 e. The quantitative estimate of drug-likeness (QED) is 0.260. The Kier molecular flexibility index (Phi) is 8.09. The fraction of sp³-hybridized carbons (Fsp3) is 0.350. The number of rotatable bonds is 11. The molecule has 0 aliphatic rings. The van der Waals surface area contributed by atoms with Crippen LogP contribution in [0, 0.1) is 10.1 Å². The van der Waals surface area contributed by atoms with Crippen LogP contribution in [0.3, 0.4) is 0 Å². The highest BCUT2D eigenvalue weighted by molar-refractivity contribution is 5.83. The Bertz CT molecular complexity index is 763. The van der Waals surface area contributed by atoms with Crippen molar-refractivity contribution in [3.8, 4) is 11.5 Å². The number of hydrogen-bond donors (Lipinski definition) is 1. The van der Waals surface area contributed by atoms with Crippen LogP contribution in [0.4, 0.5) is 11.4 Å². The SMILES string of the molecule is CCCCCCOc1c(OC)cc(/C=N/Nc2ccccc2)cc1[N+](=O)[O-]. The van der Waals surface area contributed by atoms with E-state index in [9.17, 15) is 10.1 Å². The molecule has 0 atom stereocenters. The Balaban J connectivity index is 2.15. The molecule has 0 saturated carbocycles. The van der Waals surface area contributed by atoms with Crippen LogP contribution in [0.5, 0.6) is 11.5 Å². The van der Waals surface area contributed by atoms with Gasteiger partial charge in [0.05, 0.1) is 30.5 Å².